The highest BCUT2D eigenvalue weighted by molar-refractivity contribution is 5.19. The van der Waals surface area contributed by atoms with E-state index >= 15 is 0 Å². The van der Waals surface area contributed by atoms with E-state index in [4.69, 9.17) is 4.42 Å². The summed E-state index contributed by atoms with van der Waals surface area (Å²) < 4.78 is 6.85. The molecule has 0 N–H and O–H groups in total. The van der Waals surface area contributed by atoms with Crippen molar-refractivity contribution in [3.8, 4) is 0 Å². The number of fused-ring (bicyclic) bond motifs is 1. The van der Waals surface area contributed by atoms with Gasteiger partial charge in [0.15, 0.2) is 0 Å². The van der Waals surface area contributed by atoms with Crippen LogP contribution in [0.1, 0.15) is 0 Å². The third-order valence-corrected chi connectivity index (χ3v) is 1.16. The van der Waals surface area contributed by atoms with E-state index in [-0.39, 0.29) is 0 Å². The zero-order chi connectivity index (χ0) is 6.10. The average Bonchev–Trinajstić information content (AvgIpc) is 2.33. The molecule has 0 saturated heterocycles. The molecule has 2 heterocycles. The van der Waals surface area contributed by atoms with Gasteiger partial charge in [-0.05, 0) is 0 Å². The van der Waals surface area contributed by atoms with Crippen molar-refractivity contribution >= 4 is 5.71 Å². The Balaban J connectivity index is 2.95. The summed E-state index contributed by atoms with van der Waals surface area (Å²) in [5.74, 6) is 0. The highest BCUT2D eigenvalue weighted by Gasteiger charge is 1.97. The van der Waals surface area contributed by atoms with Gasteiger partial charge in [0.25, 0.3) is 12.0 Å². The van der Waals surface area contributed by atoms with Crippen LogP contribution < -0.4 is 4.40 Å². The van der Waals surface area contributed by atoms with Crippen LogP contribution in [0.2, 0.25) is 0 Å². The Hall–Kier alpha value is -1.38. The molecule has 9 heavy (non-hydrogen) atoms. The van der Waals surface area contributed by atoms with Crippen LogP contribution in [0.5, 0.6) is 0 Å². The molecule has 3 nitrogen and oxygen atoms in total. The Morgan fingerprint density at radius 3 is 3.44 bits per heavy atom. The van der Waals surface area contributed by atoms with Gasteiger partial charge in [0.2, 0.25) is 0 Å². The minimum absolute atomic E-state index is 0.810. The van der Waals surface area contributed by atoms with Gasteiger partial charge >= 0.3 is 0 Å². The van der Waals surface area contributed by atoms with Crippen LogP contribution in [0.15, 0.2) is 35.5 Å². The lowest BCUT2D eigenvalue weighted by atomic mass is 10.6. The topological polar surface area (TPSA) is 30.1 Å². The quantitative estimate of drug-likeness (QED) is 0.472. The standard InChI is InChI=1S/C6H5N2O/c1-2-7-5-8-3-4-9-6(1)8/h1-5H/q+1. The molecule has 2 rings (SSSR count). The summed E-state index contributed by atoms with van der Waals surface area (Å²) in [7, 11) is 0. The van der Waals surface area contributed by atoms with E-state index in [1.165, 1.54) is 0 Å². The molecule has 0 bridgehead atoms. The third kappa shape index (κ3) is 0.579. The second-order valence-electron chi connectivity index (χ2n) is 1.73. The maximum Gasteiger partial charge on any atom is 0.297 e. The second kappa shape index (κ2) is 1.55. The van der Waals surface area contributed by atoms with E-state index in [0.29, 0.717) is 0 Å². The summed E-state index contributed by atoms with van der Waals surface area (Å²) in [4.78, 5) is 3.89. The number of aromatic nitrogens is 2. The molecule has 0 atom stereocenters. The molecule has 2 aromatic heterocycles. The summed E-state index contributed by atoms with van der Waals surface area (Å²) in [6, 6.07) is 1.81. The third-order valence-electron chi connectivity index (χ3n) is 1.16. The fraction of sp³-hybridized carbons (Fsp3) is 0. The SMILES string of the molecule is c1cc2occ[n+]2cn1. The molecule has 0 fully saturated rings. The number of hydrogen-bond donors (Lipinski definition) is 0. The first kappa shape index (κ1) is 4.49. The van der Waals surface area contributed by atoms with E-state index in [1.807, 2.05) is 6.20 Å². The van der Waals surface area contributed by atoms with Gasteiger partial charge in [-0.1, -0.05) is 4.98 Å². The number of oxazole rings is 1. The first-order chi connectivity index (χ1) is 4.47. The van der Waals surface area contributed by atoms with Crippen molar-refractivity contribution in [2.24, 2.45) is 0 Å². The largest absolute Gasteiger partial charge is 0.427 e. The first-order valence-electron chi connectivity index (χ1n) is 2.65. The van der Waals surface area contributed by atoms with Crippen LogP contribution in [0.3, 0.4) is 0 Å². The Kier molecular flexibility index (Phi) is 0.773. The molecule has 0 aliphatic carbocycles. The van der Waals surface area contributed by atoms with Gasteiger partial charge < -0.3 is 4.42 Å². The van der Waals surface area contributed by atoms with E-state index in [9.17, 15) is 0 Å². The van der Waals surface area contributed by atoms with Crippen molar-refractivity contribution < 1.29 is 8.82 Å². The fourth-order valence-corrected chi connectivity index (χ4v) is 0.738. The fourth-order valence-electron chi connectivity index (χ4n) is 0.738. The van der Waals surface area contributed by atoms with Crippen LogP contribution in [0.4, 0.5) is 0 Å². The smallest absolute Gasteiger partial charge is 0.297 e. The molecule has 3 heteroatoms. The lowest BCUT2D eigenvalue weighted by Gasteiger charge is -1.74. The van der Waals surface area contributed by atoms with Gasteiger partial charge in [0, 0.05) is 0 Å². The summed E-state index contributed by atoms with van der Waals surface area (Å²) in [6.07, 6.45) is 6.82. The van der Waals surface area contributed by atoms with E-state index in [0.717, 1.165) is 5.71 Å². The molecule has 0 radical (unpaired) electrons. The first-order valence-corrected chi connectivity index (χ1v) is 2.65. The molecular formula is C6H5N2O+. The van der Waals surface area contributed by atoms with E-state index < -0.39 is 0 Å². The van der Waals surface area contributed by atoms with Gasteiger partial charge in [-0.25, -0.2) is 0 Å². The summed E-state index contributed by atoms with van der Waals surface area (Å²) in [5, 5.41) is 0. The maximum atomic E-state index is 5.04. The predicted octanol–water partition coefficient (Wildman–Crippen LogP) is 0.413. The van der Waals surface area contributed by atoms with Crippen LogP contribution in [0.25, 0.3) is 5.71 Å². The molecule has 0 unspecified atom stereocenters. The molecule has 2 aromatic rings. The van der Waals surface area contributed by atoms with Gasteiger partial charge in [0.1, 0.15) is 18.7 Å². The molecule has 0 aliphatic heterocycles. The number of hydrogen-bond acceptors (Lipinski definition) is 2. The normalized spacial score (nSPS) is 10.2. The van der Waals surface area contributed by atoms with Crippen molar-refractivity contribution in [3.05, 3.63) is 31.1 Å². The minimum atomic E-state index is 0.810. The Morgan fingerprint density at radius 2 is 2.56 bits per heavy atom. The average molecular weight is 121 g/mol. The predicted molar refractivity (Wildman–Crippen MR) is 29.7 cm³/mol. The molecule has 0 amide bonds. The van der Waals surface area contributed by atoms with Crippen molar-refractivity contribution in [1.29, 1.82) is 0 Å². The van der Waals surface area contributed by atoms with Crippen molar-refractivity contribution in [3.63, 3.8) is 0 Å². The maximum absolute atomic E-state index is 5.04. The highest BCUT2D eigenvalue weighted by atomic mass is 16.3. The number of rotatable bonds is 0. The zero-order valence-corrected chi connectivity index (χ0v) is 4.69. The van der Waals surface area contributed by atoms with Crippen molar-refractivity contribution in [2.75, 3.05) is 0 Å². The van der Waals surface area contributed by atoms with Gasteiger partial charge in [-0.2, -0.15) is 4.40 Å². The number of nitrogens with zero attached hydrogens (tertiary/aromatic N) is 2. The van der Waals surface area contributed by atoms with Crippen molar-refractivity contribution in [2.45, 2.75) is 0 Å². The van der Waals surface area contributed by atoms with E-state index in [1.54, 1.807) is 29.3 Å². The zero-order valence-electron chi connectivity index (χ0n) is 4.69. The Bertz CT molecular complexity index is 285. The van der Waals surface area contributed by atoms with Crippen LogP contribution in [0, 0.1) is 0 Å². The summed E-state index contributed by atoms with van der Waals surface area (Å²) in [5.41, 5.74) is 0.810. The monoisotopic (exact) mass is 121 g/mol. The molecule has 0 saturated carbocycles. The molecule has 44 valence electrons. The van der Waals surface area contributed by atoms with Crippen LogP contribution in [-0.4, -0.2) is 4.98 Å². The molecule has 0 aromatic carbocycles. The second-order valence-corrected chi connectivity index (χ2v) is 1.73. The van der Waals surface area contributed by atoms with Crippen LogP contribution >= 0.6 is 0 Å². The van der Waals surface area contributed by atoms with Gasteiger partial charge in [-0.3, -0.25) is 0 Å². The van der Waals surface area contributed by atoms with Crippen LogP contribution in [-0.2, 0) is 0 Å². The van der Waals surface area contributed by atoms with Gasteiger partial charge in [0.05, 0.1) is 6.07 Å². The lowest BCUT2D eigenvalue weighted by molar-refractivity contribution is -0.517. The summed E-state index contributed by atoms with van der Waals surface area (Å²) >= 11 is 0. The Labute approximate surface area is 51.6 Å². The lowest BCUT2D eigenvalue weighted by Crippen LogP contribution is -2.16. The summed E-state index contributed by atoms with van der Waals surface area (Å²) in [6.45, 7) is 0. The highest BCUT2D eigenvalue weighted by Crippen LogP contribution is 1.90. The van der Waals surface area contributed by atoms with Crippen molar-refractivity contribution in [1.82, 2.24) is 4.98 Å². The molecule has 0 aliphatic rings. The Morgan fingerprint density at radius 1 is 1.56 bits per heavy atom. The minimum Gasteiger partial charge on any atom is -0.427 e. The van der Waals surface area contributed by atoms with E-state index in [2.05, 4.69) is 4.98 Å². The molecule has 0 spiro atoms. The van der Waals surface area contributed by atoms with Gasteiger partial charge in [-0.15, -0.1) is 0 Å². The molecular weight excluding hydrogens is 116 g/mol.